The molecule has 1 amide bonds. The number of carboxylic acid groups (broad SMARTS) is 1. The molecule has 3 heterocycles. The Labute approximate surface area is 195 Å². The van der Waals surface area contributed by atoms with Gasteiger partial charge in [0.25, 0.3) is 12.4 Å². The van der Waals surface area contributed by atoms with Crippen LogP contribution in [0, 0.1) is 0 Å². The van der Waals surface area contributed by atoms with E-state index >= 15 is 0 Å². The maximum Gasteiger partial charge on any atom is 0.290 e. The molecule has 1 N–H and O–H groups in total. The van der Waals surface area contributed by atoms with Crippen LogP contribution in [0.1, 0.15) is 55.1 Å². The zero-order chi connectivity index (χ0) is 24.2. The normalized spacial score (nSPS) is 16.9. The summed E-state index contributed by atoms with van der Waals surface area (Å²) in [6.07, 6.45) is 6.36. The maximum atomic E-state index is 13.1. The van der Waals surface area contributed by atoms with E-state index in [0.29, 0.717) is 19.7 Å². The lowest BCUT2D eigenvalue weighted by molar-refractivity contribution is -0.122. The number of ether oxygens (including phenoxy) is 3. The second-order valence-electron chi connectivity index (χ2n) is 9.33. The first-order valence-corrected chi connectivity index (χ1v) is 11.1. The van der Waals surface area contributed by atoms with Gasteiger partial charge in [-0.25, -0.2) is 0 Å². The predicted molar refractivity (Wildman–Crippen MR) is 124 cm³/mol. The highest BCUT2D eigenvalue weighted by atomic mass is 16.5. The third kappa shape index (κ3) is 5.00. The zero-order valence-electron chi connectivity index (χ0n) is 20.1. The smallest absolute Gasteiger partial charge is 0.290 e. The van der Waals surface area contributed by atoms with Crippen molar-refractivity contribution in [2.45, 2.75) is 51.2 Å². The molecule has 1 fully saturated rings. The summed E-state index contributed by atoms with van der Waals surface area (Å²) in [4.78, 5) is 23.4. The van der Waals surface area contributed by atoms with Crippen molar-refractivity contribution in [2.75, 3.05) is 33.9 Å². The highest BCUT2D eigenvalue weighted by molar-refractivity contribution is 5.94. The predicted octanol–water partition coefficient (Wildman–Crippen LogP) is 3.67. The summed E-state index contributed by atoms with van der Waals surface area (Å²) in [6.45, 7) is 8.18. The minimum Gasteiger partial charge on any atom is -0.493 e. The van der Waals surface area contributed by atoms with Gasteiger partial charge in [-0.3, -0.25) is 9.59 Å². The van der Waals surface area contributed by atoms with Crippen molar-refractivity contribution < 1.29 is 28.9 Å². The fourth-order valence-electron chi connectivity index (χ4n) is 4.59. The Hall–Kier alpha value is -3.00. The summed E-state index contributed by atoms with van der Waals surface area (Å²) >= 11 is 0. The summed E-state index contributed by atoms with van der Waals surface area (Å²) in [7, 11) is 3.32. The van der Waals surface area contributed by atoms with Crippen LogP contribution in [0.25, 0.3) is 0 Å². The first kappa shape index (κ1) is 24.6. The van der Waals surface area contributed by atoms with Crippen LogP contribution < -0.4 is 9.47 Å². The minimum absolute atomic E-state index is 0.0375. The molecule has 8 nitrogen and oxygen atoms in total. The van der Waals surface area contributed by atoms with Gasteiger partial charge in [0.2, 0.25) is 0 Å². The molecule has 0 radical (unpaired) electrons. The van der Waals surface area contributed by atoms with E-state index in [2.05, 4.69) is 37.5 Å². The lowest BCUT2D eigenvalue weighted by Crippen LogP contribution is -2.48. The number of aromatic nitrogens is 1. The molecule has 0 bridgehead atoms. The number of hydrogen-bond acceptors (Lipinski definition) is 5. The van der Waals surface area contributed by atoms with Gasteiger partial charge < -0.3 is 28.8 Å². The van der Waals surface area contributed by atoms with Gasteiger partial charge in [-0.15, -0.1) is 0 Å². The molecule has 4 rings (SSSR count). The summed E-state index contributed by atoms with van der Waals surface area (Å²) in [6, 6.07) is 6.06. The van der Waals surface area contributed by atoms with E-state index < -0.39 is 0 Å². The van der Waals surface area contributed by atoms with Crippen LogP contribution >= 0.6 is 0 Å². The third-order valence-corrected chi connectivity index (χ3v) is 6.42. The van der Waals surface area contributed by atoms with Crippen LogP contribution in [0.5, 0.6) is 11.5 Å². The van der Waals surface area contributed by atoms with Gasteiger partial charge in [0, 0.05) is 31.0 Å². The third-order valence-electron chi connectivity index (χ3n) is 6.42. The maximum absolute atomic E-state index is 13.1. The quantitative estimate of drug-likeness (QED) is 0.706. The molecule has 0 unspecified atom stereocenters. The Morgan fingerprint density at radius 3 is 2.30 bits per heavy atom. The molecule has 2 aromatic rings. The van der Waals surface area contributed by atoms with Crippen LogP contribution in [0.15, 0.2) is 30.6 Å². The van der Waals surface area contributed by atoms with Crippen LogP contribution in [-0.2, 0) is 27.1 Å². The lowest BCUT2D eigenvalue weighted by Gasteiger charge is -2.45. The Bertz CT molecular complexity index is 983. The second-order valence-corrected chi connectivity index (χ2v) is 9.33. The van der Waals surface area contributed by atoms with Gasteiger partial charge in [0.05, 0.1) is 32.0 Å². The lowest BCUT2D eigenvalue weighted by atomic mass is 9.79. The number of carbonyl (C=O) groups excluding carboxylic acids is 1. The van der Waals surface area contributed by atoms with Crippen molar-refractivity contribution in [1.29, 1.82) is 0 Å². The first-order chi connectivity index (χ1) is 15.7. The van der Waals surface area contributed by atoms with Crippen LogP contribution in [0.3, 0.4) is 0 Å². The van der Waals surface area contributed by atoms with Gasteiger partial charge >= 0.3 is 0 Å². The Morgan fingerprint density at radius 1 is 1.15 bits per heavy atom. The highest BCUT2D eigenvalue weighted by Gasteiger charge is 2.42. The number of likely N-dealkylation sites (tertiary alicyclic amines) is 1. The molecule has 1 spiro atoms. The fourth-order valence-corrected chi connectivity index (χ4v) is 4.59. The number of rotatable bonds is 3. The monoisotopic (exact) mass is 458 g/mol. The highest BCUT2D eigenvalue weighted by Crippen LogP contribution is 2.45. The number of fused-ring (bicyclic) bond motifs is 2. The van der Waals surface area contributed by atoms with E-state index in [9.17, 15) is 4.79 Å². The van der Waals surface area contributed by atoms with Crippen molar-refractivity contribution in [3.05, 3.63) is 47.3 Å². The Kier molecular flexibility index (Phi) is 7.37. The molecule has 2 aliphatic rings. The summed E-state index contributed by atoms with van der Waals surface area (Å²) < 4.78 is 19.5. The number of piperidine rings is 1. The average molecular weight is 459 g/mol. The van der Waals surface area contributed by atoms with Crippen LogP contribution in [0.2, 0.25) is 0 Å². The van der Waals surface area contributed by atoms with E-state index in [1.165, 1.54) is 11.1 Å². The molecule has 2 aliphatic heterocycles. The average Bonchev–Trinajstić information content (AvgIpc) is 3.30. The number of carbonyl (C=O) groups is 2. The molecule has 180 valence electrons. The molecule has 0 atom stereocenters. The molecule has 1 saturated heterocycles. The van der Waals surface area contributed by atoms with E-state index in [1.807, 2.05) is 23.4 Å². The molecule has 33 heavy (non-hydrogen) atoms. The zero-order valence-corrected chi connectivity index (χ0v) is 20.1. The molecule has 0 saturated carbocycles. The van der Waals surface area contributed by atoms with Gasteiger partial charge in [0.1, 0.15) is 0 Å². The van der Waals surface area contributed by atoms with E-state index in [0.717, 1.165) is 36.3 Å². The standard InChI is InChI=1S/C24H32N2O4.CH2O2/c1-23(2,3)26-10-6-18(16-26)22(27)25-11-8-24(9-12-25)19-15-21(29-5)20(28-4)14-17(19)7-13-30-24;2-1-3/h6,10,14-16H,7-9,11-13H2,1-5H3;1H,(H,2,3). The van der Waals surface area contributed by atoms with Crippen molar-refractivity contribution in [3.8, 4) is 11.5 Å². The van der Waals surface area contributed by atoms with E-state index in [1.54, 1.807) is 14.2 Å². The number of benzene rings is 1. The van der Waals surface area contributed by atoms with Crippen molar-refractivity contribution >= 4 is 12.4 Å². The minimum atomic E-state index is -0.360. The molecule has 8 heteroatoms. The van der Waals surface area contributed by atoms with Crippen molar-refractivity contribution in [3.63, 3.8) is 0 Å². The molecular weight excluding hydrogens is 424 g/mol. The summed E-state index contributed by atoms with van der Waals surface area (Å²) in [5, 5.41) is 6.89. The van der Waals surface area contributed by atoms with Crippen LogP contribution in [-0.4, -0.2) is 60.9 Å². The number of hydrogen-bond donors (Lipinski definition) is 1. The van der Waals surface area contributed by atoms with Gasteiger partial charge in [-0.2, -0.15) is 0 Å². The van der Waals surface area contributed by atoms with Gasteiger partial charge in [0.15, 0.2) is 11.5 Å². The number of methoxy groups -OCH3 is 2. The summed E-state index contributed by atoms with van der Waals surface area (Å²) in [5.41, 5.74) is 2.78. The largest absolute Gasteiger partial charge is 0.493 e. The number of nitrogens with zero attached hydrogens (tertiary/aromatic N) is 2. The van der Waals surface area contributed by atoms with Gasteiger partial charge in [-0.05, 0) is 69.4 Å². The fraction of sp³-hybridized carbons (Fsp3) is 0.520. The molecule has 0 aliphatic carbocycles. The van der Waals surface area contributed by atoms with Crippen molar-refractivity contribution in [1.82, 2.24) is 9.47 Å². The Morgan fingerprint density at radius 2 is 1.76 bits per heavy atom. The van der Waals surface area contributed by atoms with E-state index in [-0.39, 0.29) is 23.5 Å². The number of amides is 1. The Balaban J connectivity index is 0.000000968. The van der Waals surface area contributed by atoms with E-state index in [4.69, 9.17) is 24.1 Å². The molecule has 1 aromatic carbocycles. The topological polar surface area (TPSA) is 90.2 Å². The first-order valence-electron chi connectivity index (χ1n) is 11.1. The second kappa shape index (κ2) is 9.87. The molecular formula is C25H34N2O6. The van der Waals surface area contributed by atoms with Crippen molar-refractivity contribution in [2.24, 2.45) is 0 Å². The van der Waals surface area contributed by atoms with Crippen LogP contribution in [0.4, 0.5) is 0 Å². The summed E-state index contributed by atoms with van der Waals surface area (Å²) in [5.74, 6) is 1.57. The SMILES string of the molecule is COc1cc2c(cc1OC)C1(CCN(C(=O)c3ccn(C(C)(C)C)c3)CC1)OCC2.O=CO. The molecule has 1 aromatic heterocycles. The van der Waals surface area contributed by atoms with Gasteiger partial charge in [-0.1, -0.05) is 0 Å².